The molecule has 0 aliphatic rings. The molecule has 0 atom stereocenters. The van der Waals surface area contributed by atoms with Gasteiger partial charge in [0.2, 0.25) is 0 Å². The predicted octanol–water partition coefficient (Wildman–Crippen LogP) is 2.30. The number of rotatable bonds is 5. The molecule has 0 radical (unpaired) electrons. The number of pyridine rings is 1. The third-order valence-electron chi connectivity index (χ3n) is 2.49. The van der Waals surface area contributed by atoms with Crippen LogP contribution in [0.2, 0.25) is 0 Å². The van der Waals surface area contributed by atoms with Gasteiger partial charge in [0.15, 0.2) is 0 Å². The van der Waals surface area contributed by atoms with Crippen molar-refractivity contribution in [3.05, 3.63) is 23.6 Å². The lowest BCUT2D eigenvalue weighted by atomic mass is 10.2. The Bertz CT molecular complexity index is 339. The Labute approximate surface area is 96.5 Å². The van der Waals surface area contributed by atoms with Gasteiger partial charge >= 0.3 is 0 Å². The Morgan fingerprint density at radius 2 is 2.19 bits per heavy atom. The van der Waals surface area contributed by atoms with Crippen molar-refractivity contribution in [1.82, 2.24) is 4.98 Å². The van der Waals surface area contributed by atoms with Gasteiger partial charge in [-0.3, -0.25) is 0 Å². The van der Waals surface area contributed by atoms with Crippen LogP contribution < -0.4 is 10.6 Å². The molecule has 1 aromatic rings. The van der Waals surface area contributed by atoms with E-state index in [1.165, 1.54) is 12.3 Å². The molecule has 1 heterocycles. The number of hydrogen-bond donors (Lipinski definition) is 1. The summed E-state index contributed by atoms with van der Waals surface area (Å²) in [4.78, 5) is 6.31. The molecule has 0 aliphatic heterocycles. The van der Waals surface area contributed by atoms with Gasteiger partial charge in [-0.1, -0.05) is 6.92 Å². The molecule has 1 rings (SSSR count). The molecule has 3 nitrogen and oxygen atoms in total. The average Bonchev–Trinajstić information content (AvgIpc) is 2.26. The molecule has 0 aliphatic carbocycles. The lowest BCUT2D eigenvalue weighted by molar-refractivity contribution is 0.610. The molecule has 0 amide bonds. The summed E-state index contributed by atoms with van der Waals surface area (Å²) in [7, 11) is 0. The third-order valence-corrected chi connectivity index (χ3v) is 2.49. The minimum atomic E-state index is -0.329. The highest BCUT2D eigenvalue weighted by Crippen LogP contribution is 2.20. The van der Waals surface area contributed by atoms with E-state index in [9.17, 15) is 4.39 Å². The molecule has 0 unspecified atom stereocenters. The molecule has 1 aromatic heterocycles. The molecule has 2 N–H and O–H groups in total. The Morgan fingerprint density at radius 3 is 2.69 bits per heavy atom. The second-order valence-electron chi connectivity index (χ2n) is 4.13. The molecular formula is C12H20FN3. The van der Waals surface area contributed by atoms with Gasteiger partial charge in [0.05, 0.1) is 6.20 Å². The predicted molar refractivity (Wildman–Crippen MR) is 64.9 cm³/mol. The number of nitrogens with two attached hydrogens (primary N) is 1. The van der Waals surface area contributed by atoms with Gasteiger partial charge in [-0.15, -0.1) is 0 Å². The number of aromatic nitrogens is 1. The van der Waals surface area contributed by atoms with Crippen LogP contribution in [0.25, 0.3) is 0 Å². The number of halogens is 1. The van der Waals surface area contributed by atoms with Gasteiger partial charge in [0.25, 0.3) is 0 Å². The van der Waals surface area contributed by atoms with E-state index in [1.807, 2.05) is 0 Å². The summed E-state index contributed by atoms with van der Waals surface area (Å²) in [6.07, 6.45) is 2.28. The lowest BCUT2D eigenvalue weighted by Crippen LogP contribution is -2.33. The van der Waals surface area contributed by atoms with Gasteiger partial charge in [0.1, 0.15) is 11.6 Å². The zero-order valence-electron chi connectivity index (χ0n) is 10.2. The minimum absolute atomic E-state index is 0.313. The smallest absolute Gasteiger partial charge is 0.141 e. The van der Waals surface area contributed by atoms with Crippen LogP contribution in [-0.4, -0.2) is 17.6 Å². The zero-order valence-corrected chi connectivity index (χ0v) is 10.2. The van der Waals surface area contributed by atoms with E-state index in [2.05, 4.69) is 30.7 Å². The fraction of sp³-hybridized carbons (Fsp3) is 0.583. The van der Waals surface area contributed by atoms with E-state index in [4.69, 9.17) is 5.73 Å². The fourth-order valence-corrected chi connectivity index (χ4v) is 1.73. The largest absolute Gasteiger partial charge is 0.354 e. The number of anilines is 1. The van der Waals surface area contributed by atoms with Crippen molar-refractivity contribution in [2.45, 2.75) is 39.8 Å². The zero-order chi connectivity index (χ0) is 12.1. The molecule has 0 bridgehead atoms. The van der Waals surface area contributed by atoms with Gasteiger partial charge in [0, 0.05) is 24.7 Å². The molecular weight excluding hydrogens is 205 g/mol. The van der Waals surface area contributed by atoms with Crippen LogP contribution in [0.15, 0.2) is 12.3 Å². The van der Waals surface area contributed by atoms with Crippen LogP contribution in [0.1, 0.15) is 32.8 Å². The summed E-state index contributed by atoms with van der Waals surface area (Å²) < 4.78 is 13.0. The average molecular weight is 225 g/mol. The van der Waals surface area contributed by atoms with E-state index < -0.39 is 0 Å². The maximum atomic E-state index is 13.0. The van der Waals surface area contributed by atoms with Crippen molar-refractivity contribution in [1.29, 1.82) is 0 Å². The van der Waals surface area contributed by atoms with Crippen molar-refractivity contribution in [2.75, 3.05) is 11.4 Å². The summed E-state index contributed by atoms with van der Waals surface area (Å²) in [6.45, 7) is 7.53. The molecule has 0 aromatic carbocycles. The van der Waals surface area contributed by atoms with Crippen LogP contribution >= 0.6 is 0 Å². The monoisotopic (exact) mass is 225 g/mol. The first-order valence-electron chi connectivity index (χ1n) is 5.71. The Kier molecular flexibility index (Phi) is 4.68. The first-order chi connectivity index (χ1) is 7.60. The van der Waals surface area contributed by atoms with E-state index in [1.54, 1.807) is 0 Å². The fourth-order valence-electron chi connectivity index (χ4n) is 1.73. The lowest BCUT2D eigenvalue weighted by Gasteiger charge is -2.29. The Morgan fingerprint density at radius 1 is 1.50 bits per heavy atom. The Hall–Kier alpha value is -1.16. The summed E-state index contributed by atoms with van der Waals surface area (Å²) in [5, 5.41) is 0. The quantitative estimate of drug-likeness (QED) is 0.836. The first-order valence-corrected chi connectivity index (χ1v) is 5.71. The van der Waals surface area contributed by atoms with E-state index in [-0.39, 0.29) is 5.82 Å². The van der Waals surface area contributed by atoms with E-state index in [0.717, 1.165) is 24.3 Å². The van der Waals surface area contributed by atoms with Crippen LogP contribution in [0.4, 0.5) is 10.2 Å². The summed E-state index contributed by atoms with van der Waals surface area (Å²) in [5.74, 6) is 0.477. The van der Waals surface area contributed by atoms with Crippen LogP contribution in [-0.2, 0) is 6.54 Å². The molecule has 90 valence electrons. The van der Waals surface area contributed by atoms with Gasteiger partial charge in [-0.25, -0.2) is 9.37 Å². The Balaban J connectivity index is 3.07. The van der Waals surface area contributed by atoms with Crippen LogP contribution in [0, 0.1) is 5.82 Å². The summed E-state index contributed by atoms with van der Waals surface area (Å²) >= 11 is 0. The normalized spacial score (nSPS) is 10.9. The highest BCUT2D eigenvalue weighted by molar-refractivity contribution is 5.47. The molecule has 0 spiro atoms. The topological polar surface area (TPSA) is 42.2 Å². The molecule has 0 saturated carbocycles. The van der Waals surface area contributed by atoms with E-state index >= 15 is 0 Å². The first kappa shape index (κ1) is 12.9. The van der Waals surface area contributed by atoms with Crippen LogP contribution in [0.5, 0.6) is 0 Å². The SMILES string of the molecule is CCCN(c1ncc(F)cc1CN)C(C)C. The second-order valence-corrected chi connectivity index (χ2v) is 4.13. The maximum Gasteiger partial charge on any atom is 0.141 e. The van der Waals surface area contributed by atoms with Crippen molar-refractivity contribution in [2.24, 2.45) is 5.73 Å². The standard InChI is InChI=1S/C12H20FN3/c1-4-5-16(9(2)3)12-10(7-14)6-11(13)8-15-12/h6,8-9H,4-5,7,14H2,1-3H3. The summed E-state index contributed by atoms with van der Waals surface area (Å²) in [6, 6.07) is 1.80. The number of hydrogen-bond acceptors (Lipinski definition) is 3. The van der Waals surface area contributed by atoms with Gasteiger partial charge in [-0.05, 0) is 26.3 Å². The molecule has 16 heavy (non-hydrogen) atoms. The van der Waals surface area contributed by atoms with Gasteiger partial charge in [-0.2, -0.15) is 0 Å². The summed E-state index contributed by atoms with van der Waals surface area (Å²) in [5.41, 5.74) is 6.39. The van der Waals surface area contributed by atoms with Gasteiger partial charge < -0.3 is 10.6 Å². The van der Waals surface area contributed by atoms with Crippen molar-refractivity contribution >= 4 is 5.82 Å². The van der Waals surface area contributed by atoms with Crippen molar-refractivity contribution in [3.63, 3.8) is 0 Å². The minimum Gasteiger partial charge on any atom is -0.354 e. The van der Waals surface area contributed by atoms with E-state index in [0.29, 0.717) is 12.6 Å². The van der Waals surface area contributed by atoms with Crippen molar-refractivity contribution < 1.29 is 4.39 Å². The highest BCUT2D eigenvalue weighted by atomic mass is 19.1. The highest BCUT2D eigenvalue weighted by Gasteiger charge is 2.15. The third kappa shape index (κ3) is 2.92. The van der Waals surface area contributed by atoms with Crippen LogP contribution in [0.3, 0.4) is 0 Å². The molecule has 0 fully saturated rings. The maximum absolute atomic E-state index is 13.0. The second kappa shape index (κ2) is 5.80. The number of nitrogens with zero attached hydrogens (tertiary/aromatic N) is 2. The molecule has 4 heteroatoms. The van der Waals surface area contributed by atoms with Crippen molar-refractivity contribution in [3.8, 4) is 0 Å². The molecule has 0 saturated heterocycles.